The molecule has 0 amide bonds. The lowest BCUT2D eigenvalue weighted by Crippen LogP contribution is -2.52. The Balaban J connectivity index is 2.26. The lowest BCUT2D eigenvalue weighted by molar-refractivity contribution is -0.384. The molecule has 0 radical (unpaired) electrons. The maximum atomic E-state index is 12.9. The van der Waals surface area contributed by atoms with Gasteiger partial charge >= 0.3 is 25.9 Å². The summed E-state index contributed by atoms with van der Waals surface area (Å²) in [6.45, 7) is 4.70. The number of nitrogens with zero attached hydrogens (tertiary/aromatic N) is 2. The van der Waals surface area contributed by atoms with E-state index in [0.29, 0.717) is 0 Å². The van der Waals surface area contributed by atoms with Crippen molar-refractivity contribution in [1.29, 1.82) is 0 Å². The van der Waals surface area contributed by atoms with Crippen LogP contribution in [0.2, 0.25) is 0 Å². The normalized spacial score (nSPS) is 15.8. The zero-order chi connectivity index (χ0) is 28.3. The standard InChI is InChI=1S/C24H28N2O11P/c1-6-34-22(28)24(23(29)35-7-2)12-36-38(32,37-13-24)20-15(4)25-14(3)18(21(27)33-5)19(20)16-10-8-9-11-17(16)26(30)31/h8-11,32H,6-7,12-13H2,1-5H3/q+1. The number of hydrogen-bond acceptors (Lipinski definition) is 12. The molecule has 0 unspecified atom stereocenters. The molecule has 3 rings (SSSR count). The second-order valence-corrected chi connectivity index (χ2v) is 10.2. The largest absolute Gasteiger partial charge is 0.465 e. The van der Waals surface area contributed by atoms with E-state index in [1.165, 1.54) is 38.1 Å². The molecule has 38 heavy (non-hydrogen) atoms. The van der Waals surface area contributed by atoms with Crippen LogP contribution in [0.1, 0.15) is 35.6 Å². The fourth-order valence-electron chi connectivity index (χ4n) is 4.11. The Kier molecular flexibility index (Phi) is 8.78. The molecule has 1 aliphatic rings. The zero-order valence-corrected chi connectivity index (χ0v) is 22.4. The fraction of sp³-hybridized carbons (Fsp3) is 0.417. The summed E-state index contributed by atoms with van der Waals surface area (Å²) in [6.07, 6.45) is 0. The molecule has 1 aromatic heterocycles. The van der Waals surface area contributed by atoms with Crippen LogP contribution in [0, 0.1) is 29.4 Å². The summed E-state index contributed by atoms with van der Waals surface area (Å²) in [5.41, 5.74) is -2.27. The molecular weight excluding hydrogens is 523 g/mol. The number of benzene rings is 1. The number of rotatable bonds is 8. The van der Waals surface area contributed by atoms with Crippen molar-refractivity contribution >= 4 is 36.8 Å². The van der Waals surface area contributed by atoms with Crippen molar-refractivity contribution in [2.24, 2.45) is 5.41 Å². The highest BCUT2D eigenvalue weighted by Crippen LogP contribution is 2.62. The minimum absolute atomic E-state index is 0.0188. The van der Waals surface area contributed by atoms with Gasteiger partial charge in [-0.05, 0) is 33.8 Å². The third-order valence-electron chi connectivity index (χ3n) is 5.87. The molecule has 0 saturated carbocycles. The Bertz CT molecular complexity index is 1250. The highest BCUT2D eigenvalue weighted by Gasteiger charge is 2.63. The molecule has 0 atom stereocenters. The molecule has 0 spiro atoms. The topological polar surface area (TPSA) is 174 Å². The number of carbonyl (C=O) groups excluding carboxylic acids is 3. The first kappa shape index (κ1) is 29.1. The number of pyridine rings is 1. The first-order valence-corrected chi connectivity index (χ1v) is 13.1. The monoisotopic (exact) mass is 551 g/mol. The van der Waals surface area contributed by atoms with Gasteiger partial charge in [0, 0.05) is 6.07 Å². The number of nitro benzene ring substituents is 1. The van der Waals surface area contributed by atoms with Crippen LogP contribution in [0.3, 0.4) is 0 Å². The van der Waals surface area contributed by atoms with Crippen molar-refractivity contribution in [3.8, 4) is 11.1 Å². The summed E-state index contributed by atoms with van der Waals surface area (Å²) >= 11 is 0. The average Bonchev–Trinajstić information content (AvgIpc) is 2.88. The molecule has 13 nitrogen and oxygen atoms in total. The number of aryl methyl sites for hydroxylation is 2. The third kappa shape index (κ3) is 5.10. The summed E-state index contributed by atoms with van der Waals surface area (Å²) in [4.78, 5) is 65.8. The van der Waals surface area contributed by atoms with Crippen LogP contribution in [0.5, 0.6) is 0 Å². The van der Waals surface area contributed by atoms with Crippen molar-refractivity contribution < 1.29 is 47.5 Å². The molecule has 1 aromatic carbocycles. The Hall–Kier alpha value is -3.51. The second-order valence-electron chi connectivity index (χ2n) is 8.24. The molecule has 0 bridgehead atoms. The zero-order valence-electron chi connectivity index (χ0n) is 21.5. The van der Waals surface area contributed by atoms with Crippen molar-refractivity contribution in [3.63, 3.8) is 0 Å². The van der Waals surface area contributed by atoms with Crippen molar-refractivity contribution in [2.75, 3.05) is 33.5 Å². The van der Waals surface area contributed by atoms with Crippen LogP contribution in [0.4, 0.5) is 5.69 Å². The van der Waals surface area contributed by atoms with Crippen molar-refractivity contribution in [2.45, 2.75) is 27.7 Å². The average molecular weight is 551 g/mol. The van der Waals surface area contributed by atoms with E-state index in [0.717, 1.165) is 7.11 Å². The van der Waals surface area contributed by atoms with E-state index in [4.69, 9.17) is 23.3 Å². The maximum Gasteiger partial charge on any atom is 0.448 e. The number of methoxy groups -OCH3 is 1. The number of hydrogen-bond donors (Lipinski definition) is 1. The van der Waals surface area contributed by atoms with Crippen molar-refractivity contribution in [3.05, 3.63) is 51.3 Å². The first-order valence-electron chi connectivity index (χ1n) is 11.6. The fourth-order valence-corrected chi connectivity index (χ4v) is 6.20. The SMILES string of the molecule is CCOC(=O)C1(C(=O)OCC)CO[P+](O)(c2c(C)nc(C)c(C(=O)OC)c2-c2ccccc2[N+](=O)[O-])OC1. The van der Waals surface area contributed by atoms with Gasteiger partial charge in [-0.1, -0.05) is 12.1 Å². The molecular formula is C24H28N2O11P+. The van der Waals surface area contributed by atoms with Crippen LogP contribution in [0.15, 0.2) is 24.3 Å². The molecule has 1 aliphatic heterocycles. The summed E-state index contributed by atoms with van der Waals surface area (Å²) < 4.78 is 26.5. The third-order valence-corrected chi connectivity index (χ3v) is 7.94. The first-order chi connectivity index (χ1) is 18.0. The van der Waals surface area contributed by atoms with Gasteiger partial charge in [0.05, 0.1) is 53.3 Å². The van der Waals surface area contributed by atoms with Crippen LogP contribution in [-0.4, -0.2) is 66.2 Å². The number of esters is 3. The molecule has 1 saturated heterocycles. The smallest absolute Gasteiger partial charge is 0.448 e. The highest BCUT2D eigenvalue weighted by atomic mass is 31.2. The van der Waals surface area contributed by atoms with Crippen LogP contribution in [0.25, 0.3) is 11.1 Å². The van der Waals surface area contributed by atoms with Gasteiger partial charge in [-0.2, -0.15) is 13.9 Å². The lowest BCUT2D eigenvalue weighted by atomic mass is 9.90. The van der Waals surface area contributed by atoms with Crippen LogP contribution < -0.4 is 5.30 Å². The summed E-state index contributed by atoms with van der Waals surface area (Å²) in [5, 5.41) is 11.8. The van der Waals surface area contributed by atoms with E-state index in [2.05, 4.69) is 4.98 Å². The molecule has 204 valence electrons. The predicted octanol–water partition coefficient (Wildman–Crippen LogP) is 2.60. The predicted molar refractivity (Wildman–Crippen MR) is 134 cm³/mol. The Labute approximate surface area is 218 Å². The van der Waals surface area contributed by atoms with Gasteiger partial charge < -0.3 is 14.2 Å². The molecule has 2 aromatic rings. The lowest BCUT2D eigenvalue weighted by Gasteiger charge is -2.34. The molecule has 2 heterocycles. The van der Waals surface area contributed by atoms with E-state index in [9.17, 15) is 29.4 Å². The minimum atomic E-state index is -4.21. The van der Waals surface area contributed by atoms with Gasteiger partial charge in [0.2, 0.25) is 10.7 Å². The Morgan fingerprint density at radius 2 is 1.63 bits per heavy atom. The second kappa shape index (κ2) is 11.5. The molecule has 0 aliphatic carbocycles. The number of nitro groups is 1. The van der Waals surface area contributed by atoms with Crippen molar-refractivity contribution in [1.82, 2.24) is 4.98 Å². The van der Waals surface area contributed by atoms with E-state index in [-0.39, 0.29) is 52.3 Å². The molecule has 1 N–H and O–H groups in total. The van der Waals surface area contributed by atoms with E-state index in [1.807, 2.05) is 0 Å². The van der Waals surface area contributed by atoms with Gasteiger partial charge in [0.1, 0.15) is 13.2 Å². The van der Waals surface area contributed by atoms with Gasteiger partial charge in [0.25, 0.3) is 5.69 Å². The van der Waals surface area contributed by atoms with Gasteiger partial charge in [-0.3, -0.25) is 24.7 Å². The number of aromatic nitrogens is 1. The molecule has 1 fully saturated rings. The van der Waals surface area contributed by atoms with E-state index >= 15 is 0 Å². The summed E-state index contributed by atoms with van der Waals surface area (Å²) in [5.74, 6) is -2.78. The maximum absolute atomic E-state index is 12.9. The minimum Gasteiger partial charge on any atom is -0.465 e. The Morgan fingerprint density at radius 1 is 1.08 bits per heavy atom. The van der Waals surface area contributed by atoms with Gasteiger partial charge in [-0.15, -0.1) is 0 Å². The summed E-state index contributed by atoms with van der Waals surface area (Å²) in [7, 11) is -3.08. The highest BCUT2D eigenvalue weighted by molar-refractivity contribution is 7.69. The van der Waals surface area contributed by atoms with Crippen LogP contribution in [-0.2, 0) is 32.8 Å². The number of carbonyl (C=O) groups is 3. The van der Waals surface area contributed by atoms with Gasteiger partial charge in [0.15, 0.2) is 0 Å². The van der Waals surface area contributed by atoms with Crippen LogP contribution >= 0.6 is 7.94 Å². The quantitative estimate of drug-likeness (QED) is 0.127. The number of ether oxygens (including phenoxy) is 3. The van der Waals surface area contributed by atoms with E-state index in [1.54, 1.807) is 13.8 Å². The van der Waals surface area contributed by atoms with Gasteiger partial charge in [-0.25, -0.2) is 4.79 Å². The number of para-hydroxylation sites is 1. The molecule has 14 heteroatoms. The Morgan fingerprint density at radius 3 is 2.13 bits per heavy atom. The van der Waals surface area contributed by atoms with E-state index < -0.39 is 49.4 Å². The summed E-state index contributed by atoms with van der Waals surface area (Å²) in [6, 6.07) is 5.61.